The molecule has 2 aromatic rings. The van der Waals surface area contributed by atoms with E-state index in [0.717, 1.165) is 35.9 Å². The highest BCUT2D eigenvalue weighted by Gasteiger charge is 2.16. The molecule has 0 aliphatic rings. The second kappa shape index (κ2) is 7.08. The molecule has 1 unspecified atom stereocenters. The lowest BCUT2D eigenvalue weighted by molar-refractivity contribution is 0.354. The highest BCUT2D eigenvalue weighted by Crippen LogP contribution is 2.30. The number of rotatable bonds is 7. The molecule has 1 aromatic heterocycles. The van der Waals surface area contributed by atoms with E-state index in [9.17, 15) is 0 Å². The number of methoxy groups -OCH3 is 2. The first-order valence-corrected chi connectivity index (χ1v) is 6.99. The van der Waals surface area contributed by atoms with Crippen LogP contribution in [0, 0.1) is 0 Å². The van der Waals surface area contributed by atoms with Gasteiger partial charge < -0.3 is 14.8 Å². The highest BCUT2D eigenvalue weighted by molar-refractivity contribution is 5.43. The molecule has 1 N–H and O–H groups in total. The van der Waals surface area contributed by atoms with E-state index < -0.39 is 0 Å². The Balaban J connectivity index is 2.25. The lowest BCUT2D eigenvalue weighted by Gasteiger charge is -2.18. The number of likely N-dealkylation sites (N-methyl/N-ethyl adjacent to an activating group) is 1. The lowest BCUT2D eigenvalue weighted by atomic mass is 10.0. The zero-order chi connectivity index (χ0) is 15.2. The fourth-order valence-electron chi connectivity index (χ4n) is 2.35. The Morgan fingerprint density at radius 2 is 2.00 bits per heavy atom. The quantitative estimate of drug-likeness (QED) is 0.843. The zero-order valence-corrected chi connectivity index (χ0v) is 13.0. The number of ether oxygens (including phenoxy) is 2. The minimum absolute atomic E-state index is 0.138. The molecule has 2 rings (SSSR count). The van der Waals surface area contributed by atoms with Gasteiger partial charge in [0.2, 0.25) is 0 Å². The number of hydrogen-bond donors (Lipinski definition) is 1. The highest BCUT2D eigenvalue weighted by atomic mass is 16.5. The molecule has 0 aliphatic carbocycles. The summed E-state index contributed by atoms with van der Waals surface area (Å²) in [5, 5.41) is 7.53. The van der Waals surface area contributed by atoms with Crippen LogP contribution < -0.4 is 14.8 Å². The second-order valence-electron chi connectivity index (χ2n) is 4.65. The molecule has 1 aromatic carbocycles. The van der Waals surface area contributed by atoms with E-state index in [1.54, 1.807) is 20.5 Å². The second-order valence-corrected chi connectivity index (χ2v) is 4.65. The maximum absolute atomic E-state index is 5.37. The SMILES string of the molecule is CCn1ncnc1CC(NC)c1ccc(OC)c(OC)c1. The van der Waals surface area contributed by atoms with Gasteiger partial charge in [-0.15, -0.1) is 0 Å². The van der Waals surface area contributed by atoms with E-state index in [1.807, 2.05) is 29.9 Å². The first-order valence-electron chi connectivity index (χ1n) is 6.99. The summed E-state index contributed by atoms with van der Waals surface area (Å²) in [6, 6.07) is 6.09. The van der Waals surface area contributed by atoms with Crippen molar-refractivity contribution in [3.63, 3.8) is 0 Å². The Morgan fingerprint density at radius 1 is 1.24 bits per heavy atom. The zero-order valence-electron chi connectivity index (χ0n) is 13.0. The van der Waals surface area contributed by atoms with Gasteiger partial charge in [0, 0.05) is 19.0 Å². The van der Waals surface area contributed by atoms with Crippen molar-refractivity contribution in [2.24, 2.45) is 0 Å². The molecule has 21 heavy (non-hydrogen) atoms. The van der Waals surface area contributed by atoms with Crippen molar-refractivity contribution in [3.05, 3.63) is 35.9 Å². The predicted octanol–water partition coefficient (Wildman–Crippen LogP) is 1.82. The summed E-state index contributed by atoms with van der Waals surface area (Å²) < 4.78 is 12.5. The van der Waals surface area contributed by atoms with E-state index in [-0.39, 0.29) is 6.04 Å². The van der Waals surface area contributed by atoms with Gasteiger partial charge in [-0.25, -0.2) is 4.98 Å². The van der Waals surface area contributed by atoms with Crippen LogP contribution >= 0.6 is 0 Å². The van der Waals surface area contributed by atoms with E-state index in [0.29, 0.717) is 0 Å². The van der Waals surface area contributed by atoms with Gasteiger partial charge in [0.25, 0.3) is 0 Å². The van der Waals surface area contributed by atoms with Crippen LogP contribution in [0.2, 0.25) is 0 Å². The topological polar surface area (TPSA) is 61.2 Å². The molecule has 0 saturated carbocycles. The molecule has 1 heterocycles. The van der Waals surface area contributed by atoms with Gasteiger partial charge in [0.05, 0.1) is 14.2 Å². The third kappa shape index (κ3) is 3.33. The first-order chi connectivity index (χ1) is 10.2. The van der Waals surface area contributed by atoms with Crippen LogP contribution in [0.15, 0.2) is 24.5 Å². The maximum Gasteiger partial charge on any atom is 0.161 e. The molecule has 0 amide bonds. The van der Waals surface area contributed by atoms with Crippen molar-refractivity contribution in [2.45, 2.75) is 25.9 Å². The van der Waals surface area contributed by atoms with Crippen LogP contribution in [0.3, 0.4) is 0 Å². The van der Waals surface area contributed by atoms with Gasteiger partial charge in [-0.3, -0.25) is 4.68 Å². The standard InChI is InChI=1S/C15H22N4O2/c1-5-19-15(17-10-18-19)9-12(16-2)11-6-7-13(20-3)14(8-11)21-4/h6-8,10,12,16H,5,9H2,1-4H3. The van der Waals surface area contributed by atoms with Gasteiger partial charge >= 0.3 is 0 Å². The van der Waals surface area contributed by atoms with Crippen LogP contribution in [0.1, 0.15) is 24.4 Å². The Labute approximate surface area is 125 Å². The van der Waals surface area contributed by atoms with Crippen LogP contribution in [-0.2, 0) is 13.0 Å². The summed E-state index contributed by atoms with van der Waals surface area (Å²) >= 11 is 0. The lowest BCUT2D eigenvalue weighted by Crippen LogP contribution is -2.21. The minimum Gasteiger partial charge on any atom is -0.493 e. The monoisotopic (exact) mass is 290 g/mol. The number of hydrogen-bond acceptors (Lipinski definition) is 5. The van der Waals surface area contributed by atoms with Gasteiger partial charge in [-0.05, 0) is 31.7 Å². The summed E-state index contributed by atoms with van der Waals surface area (Å²) in [5.74, 6) is 2.42. The summed E-state index contributed by atoms with van der Waals surface area (Å²) in [5.41, 5.74) is 1.13. The van der Waals surface area contributed by atoms with Crippen molar-refractivity contribution in [1.29, 1.82) is 0 Å². The molecule has 1 atom stereocenters. The largest absolute Gasteiger partial charge is 0.493 e. The molecule has 0 bridgehead atoms. The number of nitrogens with zero attached hydrogens (tertiary/aromatic N) is 3. The Hall–Kier alpha value is -2.08. The van der Waals surface area contributed by atoms with Crippen LogP contribution in [0.25, 0.3) is 0 Å². The molecule has 6 heteroatoms. The van der Waals surface area contributed by atoms with Gasteiger partial charge in [0.1, 0.15) is 12.2 Å². The first kappa shape index (κ1) is 15.3. The van der Waals surface area contributed by atoms with E-state index >= 15 is 0 Å². The molecule has 0 aliphatic heterocycles. The fraction of sp³-hybridized carbons (Fsp3) is 0.467. The minimum atomic E-state index is 0.138. The molecular formula is C15H22N4O2. The van der Waals surface area contributed by atoms with Crippen molar-refractivity contribution < 1.29 is 9.47 Å². The van der Waals surface area contributed by atoms with Crippen molar-refractivity contribution >= 4 is 0 Å². The predicted molar refractivity (Wildman–Crippen MR) is 80.7 cm³/mol. The van der Waals surface area contributed by atoms with E-state index in [1.165, 1.54) is 0 Å². The number of aromatic nitrogens is 3. The molecule has 6 nitrogen and oxygen atoms in total. The maximum atomic E-state index is 5.37. The molecule has 0 fully saturated rings. The van der Waals surface area contributed by atoms with Gasteiger partial charge in [-0.2, -0.15) is 5.10 Å². The average Bonchev–Trinajstić information content (AvgIpc) is 2.99. The molecule has 0 saturated heterocycles. The molecular weight excluding hydrogens is 268 g/mol. The summed E-state index contributed by atoms with van der Waals surface area (Å²) in [6.07, 6.45) is 2.36. The average molecular weight is 290 g/mol. The van der Waals surface area contributed by atoms with Gasteiger partial charge in [-0.1, -0.05) is 6.07 Å². The Bertz CT molecular complexity index is 583. The summed E-state index contributed by atoms with van der Waals surface area (Å²) in [6.45, 7) is 2.88. The summed E-state index contributed by atoms with van der Waals surface area (Å²) in [7, 11) is 5.22. The van der Waals surface area contributed by atoms with E-state index in [4.69, 9.17) is 9.47 Å². The van der Waals surface area contributed by atoms with Crippen LogP contribution in [0.5, 0.6) is 11.5 Å². The smallest absolute Gasteiger partial charge is 0.161 e. The van der Waals surface area contributed by atoms with Crippen molar-refractivity contribution in [3.8, 4) is 11.5 Å². The Morgan fingerprint density at radius 3 is 2.62 bits per heavy atom. The number of aryl methyl sites for hydroxylation is 1. The van der Waals surface area contributed by atoms with Crippen LogP contribution in [0.4, 0.5) is 0 Å². The Kier molecular flexibility index (Phi) is 5.16. The third-order valence-corrected chi connectivity index (χ3v) is 3.54. The normalized spacial score (nSPS) is 12.2. The van der Waals surface area contributed by atoms with Crippen molar-refractivity contribution in [1.82, 2.24) is 20.1 Å². The van der Waals surface area contributed by atoms with E-state index in [2.05, 4.69) is 22.3 Å². The summed E-state index contributed by atoms with van der Waals surface area (Å²) in [4.78, 5) is 4.33. The van der Waals surface area contributed by atoms with Crippen molar-refractivity contribution in [2.75, 3.05) is 21.3 Å². The fourth-order valence-corrected chi connectivity index (χ4v) is 2.35. The molecule has 0 radical (unpaired) electrons. The molecule has 0 spiro atoms. The number of benzene rings is 1. The number of nitrogens with one attached hydrogen (secondary N) is 1. The third-order valence-electron chi connectivity index (χ3n) is 3.54. The van der Waals surface area contributed by atoms with Gasteiger partial charge in [0.15, 0.2) is 11.5 Å². The van der Waals surface area contributed by atoms with Crippen LogP contribution in [-0.4, -0.2) is 36.0 Å². The molecule has 114 valence electrons.